The van der Waals surface area contributed by atoms with Gasteiger partial charge in [-0.15, -0.1) is 0 Å². The first kappa shape index (κ1) is 14.9. The first-order chi connectivity index (χ1) is 9.22. The van der Waals surface area contributed by atoms with E-state index < -0.39 is 11.4 Å². The van der Waals surface area contributed by atoms with E-state index in [1.807, 2.05) is 0 Å². The van der Waals surface area contributed by atoms with Crippen LogP contribution in [0.1, 0.15) is 45.7 Å². The first-order valence-corrected chi connectivity index (χ1v) is 7.36. The lowest BCUT2D eigenvalue weighted by molar-refractivity contribution is -0.146. The summed E-state index contributed by atoms with van der Waals surface area (Å²) >= 11 is 0. The molecule has 1 aliphatic heterocycles. The first-order valence-electron chi connectivity index (χ1n) is 7.36. The van der Waals surface area contributed by atoms with Crippen LogP contribution in [-0.4, -0.2) is 23.2 Å². The van der Waals surface area contributed by atoms with E-state index in [1.54, 1.807) is 13.8 Å². The van der Waals surface area contributed by atoms with Crippen molar-refractivity contribution in [3.05, 3.63) is 29.3 Å². The number of fused-ring (bicyclic) bond motifs is 1. The molecule has 1 atom stereocenters. The van der Waals surface area contributed by atoms with Gasteiger partial charge in [0.15, 0.2) is 0 Å². The Hall–Kier alpha value is -1.51. The third-order valence-corrected chi connectivity index (χ3v) is 4.19. The Morgan fingerprint density at radius 3 is 2.65 bits per heavy atom. The normalized spacial score (nSPS) is 18.5. The second-order valence-corrected chi connectivity index (χ2v) is 6.88. The molecule has 0 aromatic heterocycles. The molecule has 0 saturated carbocycles. The standard InChI is InChI=1S/C17H25NO2/c1-11(2)18-12(3)8-14-9-13(6-7-15(14)18)10-17(4,5)16(19)20/h6-7,9,11-12H,8,10H2,1-5H3,(H,19,20). The molecular formula is C17H25NO2. The van der Waals surface area contributed by atoms with Gasteiger partial charge in [0.05, 0.1) is 5.41 Å². The molecule has 20 heavy (non-hydrogen) atoms. The second-order valence-electron chi connectivity index (χ2n) is 6.88. The molecule has 1 aromatic rings. The van der Waals surface area contributed by atoms with Crippen LogP contribution in [0.5, 0.6) is 0 Å². The molecular weight excluding hydrogens is 250 g/mol. The van der Waals surface area contributed by atoms with E-state index in [-0.39, 0.29) is 0 Å². The van der Waals surface area contributed by atoms with Crippen LogP contribution in [-0.2, 0) is 17.6 Å². The van der Waals surface area contributed by atoms with Gasteiger partial charge in [-0.1, -0.05) is 12.1 Å². The molecule has 1 N–H and O–H groups in total. The Morgan fingerprint density at radius 2 is 2.10 bits per heavy atom. The maximum Gasteiger partial charge on any atom is 0.309 e. The van der Waals surface area contributed by atoms with Gasteiger partial charge in [0.25, 0.3) is 0 Å². The zero-order valence-corrected chi connectivity index (χ0v) is 13.1. The lowest BCUT2D eigenvalue weighted by Crippen LogP contribution is -2.35. The maximum absolute atomic E-state index is 11.2. The molecule has 2 rings (SSSR count). The highest BCUT2D eigenvalue weighted by atomic mass is 16.4. The van der Waals surface area contributed by atoms with E-state index in [9.17, 15) is 9.90 Å². The monoisotopic (exact) mass is 275 g/mol. The highest BCUT2D eigenvalue weighted by Crippen LogP contribution is 2.35. The lowest BCUT2D eigenvalue weighted by atomic mass is 9.85. The van der Waals surface area contributed by atoms with Crippen molar-refractivity contribution >= 4 is 11.7 Å². The van der Waals surface area contributed by atoms with Crippen molar-refractivity contribution in [3.8, 4) is 0 Å². The van der Waals surface area contributed by atoms with Gasteiger partial charge in [0.1, 0.15) is 0 Å². The number of aliphatic carboxylic acids is 1. The SMILES string of the molecule is CC(C)N1c2ccc(CC(C)(C)C(=O)O)cc2CC1C. The number of carboxylic acids is 1. The minimum Gasteiger partial charge on any atom is -0.481 e. The molecule has 0 radical (unpaired) electrons. The maximum atomic E-state index is 11.2. The highest BCUT2D eigenvalue weighted by Gasteiger charge is 2.30. The van der Waals surface area contributed by atoms with Gasteiger partial charge in [-0.05, 0) is 64.7 Å². The van der Waals surface area contributed by atoms with Crippen molar-refractivity contribution < 1.29 is 9.90 Å². The largest absolute Gasteiger partial charge is 0.481 e. The highest BCUT2D eigenvalue weighted by molar-refractivity contribution is 5.74. The summed E-state index contributed by atoms with van der Waals surface area (Å²) in [6.07, 6.45) is 1.63. The average Bonchev–Trinajstić information content (AvgIpc) is 2.63. The number of carboxylic acid groups (broad SMARTS) is 1. The Morgan fingerprint density at radius 1 is 1.45 bits per heavy atom. The fourth-order valence-electron chi connectivity index (χ4n) is 3.19. The van der Waals surface area contributed by atoms with E-state index in [4.69, 9.17) is 0 Å². The van der Waals surface area contributed by atoms with Crippen molar-refractivity contribution in [2.75, 3.05) is 4.90 Å². The van der Waals surface area contributed by atoms with Gasteiger partial charge in [-0.25, -0.2) is 0 Å². The summed E-state index contributed by atoms with van der Waals surface area (Å²) < 4.78 is 0. The van der Waals surface area contributed by atoms with Crippen LogP contribution >= 0.6 is 0 Å². The fourth-order valence-corrected chi connectivity index (χ4v) is 3.19. The van der Waals surface area contributed by atoms with Crippen LogP contribution < -0.4 is 4.90 Å². The van der Waals surface area contributed by atoms with Crippen LogP contribution in [0.4, 0.5) is 5.69 Å². The number of anilines is 1. The van der Waals surface area contributed by atoms with Crippen LogP contribution in [0.2, 0.25) is 0 Å². The quantitative estimate of drug-likeness (QED) is 0.914. The Labute approximate surface area is 121 Å². The summed E-state index contributed by atoms with van der Waals surface area (Å²) in [4.78, 5) is 13.7. The molecule has 0 saturated heterocycles. The summed E-state index contributed by atoms with van der Waals surface area (Å²) in [6, 6.07) is 7.45. The molecule has 1 aromatic carbocycles. The van der Waals surface area contributed by atoms with E-state index in [2.05, 4.69) is 43.9 Å². The molecule has 0 amide bonds. The molecule has 0 fully saturated rings. The molecule has 0 aliphatic carbocycles. The minimum atomic E-state index is -0.741. The van der Waals surface area contributed by atoms with E-state index in [0.717, 1.165) is 12.0 Å². The fraction of sp³-hybridized carbons (Fsp3) is 0.588. The van der Waals surface area contributed by atoms with Crippen molar-refractivity contribution in [1.82, 2.24) is 0 Å². The number of hydrogen-bond acceptors (Lipinski definition) is 2. The van der Waals surface area contributed by atoms with Gasteiger partial charge in [-0.2, -0.15) is 0 Å². The smallest absolute Gasteiger partial charge is 0.309 e. The molecule has 1 heterocycles. The van der Waals surface area contributed by atoms with Crippen molar-refractivity contribution in [2.45, 2.75) is 59.5 Å². The van der Waals surface area contributed by atoms with Crippen LogP contribution in [0.3, 0.4) is 0 Å². The third kappa shape index (κ3) is 2.67. The van der Waals surface area contributed by atoms with Gasteiger partial charge in [-0.3, -0.25) is 4.79 Å². The van der Waals surface area contributed by atoms with Gasteiger partial charge < -0.3 is 10.0 Å². The molecule has 0 bridgehead atoms. The third-order valence-electron chi connectivity index (χ3n) is 4.19. The second kappa shape index (κ2) is 5.12. The van der Waals surface area contributed by atoms with Gasteiger partial charge in [0, 0.05) is 17.8 Å². The zero-order valence-electron chi connectivity index (χ0n) is 13.1. The Bertz CT molecular complexity index is 520. The molecule has 3 heteroatoms. The molecule has 0 spiro atoms. The van der Waals surface area contributed by atoms with Crippen molar-refractivity contribution in [2.24, 2.45) is 5.41 Å². The van der Waals surface area contributed by atoms with Crippen LogP contribution in [0.15, 0.2) is 18.2 Å². The minimum absolute atomic E-state index is 0.493. The zero-order chi connectivity index (χ0) is 15.1. The topological polar surface area (TPSA) is 40.5 Å². The Balaban J connectivity index is 2.27. The number of hydrogen-bond donors (Lipinski definition) is 1. The average molecular weight is 275 g/mol. The van der Waals surface area contributed by atoms with E-state index in [1.165, 1.54) is 11.3 Å². The number of carbonyl (C=O) groups is 1. The number of rotatable bonds is 4. The van der Waals surface area contributed by atoms with Crippen molar-refractivity contribution in [1.29, 1.82) is 0 Å². The number of nitrogens with zero attached hydrogens (tertiary/aromatic N) is 1. The van der Waals surface area contributed by atoms with Gasteiger partial charge >= 0.3 is 5.97 Å². The summed E-state index contributed by atoms with van der Waals surface area (Å²) in [6.45, 7) is 10.2. The number of benzene rings is 1. The Kier molecular flexibility index (Phi) is 3.81. The molecule has 110 valence electrons. The summed E-state index contributed by atoms with van der Waals surface area (Å²) in [5.41, 5.74) is 3.07. The van der Waals surface area contributed by atoms with E-state index in [0.29, 0.717) is 18.5 Å². The summed E-state index contributed by atoms with van der Waals surface area (Å²) in [5, 5.41) is 9.24. The van der Waals surface area contributed by atoms with Gasteiger partial charge in [0.2, 0.25) is 0 Å². The van der Waals surface area contributed by atoms with E-state index >= 15 is 0 Å². The molecule has 1 unspecified atom stereocenters. The predicted octanol–water partition coefficient (Wildman–Crippen LogP) is 3.50. The molecule has 3 nitrogen and oxygen atoms in total. The van der Waals surface area contributed by atoms with Crippen molar-refractivity contribution in [3.63, 3.8) is 0 Å². The van der Waals surface area contributed by atoms with Crippen LogP contribution in [0, 0.1) is 5.41 Å². The molecule has 1 aliphatic rings. The summed E-state index contributed by atoms with van der Waals surface area (Å²) in [5.74, 6) is -0.741. The van der Waals surface area contributed by atoms with Crippen LogP contribution in [0.25, 0.3) is 0 Å². The predicted molar refractivity (Wildman–Crippen MR) is 82.3 cm³/mol. The summed E-state index contributed by atoms with van der Waals surface area (Å²) in [7, 11) is 0. The lowest BCUT2D eigenvalue weighted by Gasteiger charge is -2.29.